The lowest BCUT2D eigenvalue weighted by atomic mass is 10.2. The molecule has 1 heterocycles. The number of thioether (sulfide) groups is 1. The van der Waals surface area contributed by atoms with Crippen LogP contribution < -0.4 is 0 Å². The lowest BCUT2D eigenvalue weighted by molar-refractivity contribution is -0.140. The largest absolute Gasteiger partial charge is 0.481 e. The molecule has 4 heteroatoms. The Kier molecular flexibility index (Phi) is 4.07. The van der Waals surface area contributed by atoms with Crippen molar-refractivity contribution in [3.63, 3.8) is 0 Å². The second-order valence-electron chi connectivity index (χ2n) is 4.01. The average molecular weight is 266 g/mol. The molecule has 1 atom stereocenters. The van der Waals surface area contributed by atoms with Gasteiger partial charge in [-0.1, -0.05) is 25.1 Å². The molecule has 0 amide bonds. The minimum atomic E-state index is -0.715. The molecule has 0 fully saturated rings. The lowest BCUT2D eigenvalue weighted by Gasteiger charge is -2.05. The highest BCUT2D eigenvalue weighted by molar-refractivity contribution is 7.98. The fourth-order valence-corrected chi connectivity index (χ4v) is 3.70. The molecule has 0 saturated heterocycles. The maximum Gasteiger partial charge on any atom is 0.307 e. The average Bonchev–Trinajstić information content (AvgIpc) is 2.72. The third kappa shape index (κ3) is 3.01. The van der Waals surface area contributed by atoms with Gasteiger partial charge in [0.25, 0.3) is 0 Å². The van der Waals surface area contributed by atoms with Crippen LogP contribution in [0.3, 0.4) is 0 Å². The number of hydrogen-bond acceptors (Lipinski definition) is 3. The summed E-state index contributed by atoms with van der Waals surface area (Å²) >= 11 is 3.44. The lowest BCUT2D eigenvalue weighted by Crippen LogP contribution is -2.11. The number of rotatable bonds is 5. The van der Waals surface area contributed by atoms with Crippen molar-refractivity contribution in [3.8, 4) is 0 Å². The van der Waals surface area contributed by atoms with Gasteiger partial charge in [0.15, 0.2) is 0 Å². The predicted octanol–water partition coefficient (Wildman–Crippen LogP) is 3.86. The van der Waals surface area contributed by atoms with Gasteiger partial charge in [-0.3, -0.25) is 4.79 Å². The van der Waals surface area contributed by atoms with E-state index in [1.54, 1.807) is 30.0 Å². The standard InChI is InChI=1S/C13H14O2S2/c1-9(13(14)15)6-16-7-10-8-17-12-5-3-2-4-11(10)12/h2-5,8-9H,6-7H2,1H3,(H,14,15). The Morgan fingerprint density at radius 1 is 1.47 bits per heavy atom. The maximum absolute atomic E-state index is 10.7. The first-order chi connectivity index (χ1) is 8.18. The van der Waals surface area contributed by atoms with Crippen molar-refractivity contribution < 1.29 is 9.90 Å². The van der Waals surface area contributed by atoms with Crippen LogP contribution in [0.1, 0.15) is 12.5 Å². The van der Waals surface area contributed by atoms with Crippen LogP contribution in [0, 0.1) is 5.92 Å². The molecule has 0 saturated carbocycles. The van der Waals surface area contributed by atoms with E-state index in [4.69, 9.17) is 5.11 Å². The van der Waals surface area contributed by atoms with Gasteiger partial charge in [0.2, 0.25) is 0 Å². The summed E-state index contributed by atoms with van der Waals surface area (Å²) in [4.78, 5) is 10.7. The Morgan fingerprint density at radius 2 is 2.24 bits per heavy atom. The van der Waals surface area contributed by atoms with Crippen molar-refractivity contribution >= 4 is 39.2 Å². The predicted molar refractivity (Wildman–Crippen MR) is 74.8 cm³/mol. The van der Waals surface area contributed by atoms with E-state index in [1.807, 2.05) is 12.1 Å². The molecule has 1 N–H and O–H groups in total. The zero-order valence-electron chi connectivity index (χ0n) is 9.55. The molecule has 0 aliphatic heterocycles. The highest BCUT2D eigenvalue weighted by Gasteiger charge is 2.11. The summed E-state index contributed by atoms with van der Waals surface area (Å²) < 4.78 is 1.30. The van der Waals surface area contributed by atoms with Crippen LogP contribution in [0.25, 0.3) is 10.1 Å². The van der Waals surface area contributed by atoms with Gasteiger partial charge in [0.05, 0.1) is 5.92 Å². The van der Waals surface area contributed by atoms with Crippen molar-refractivity contribution in [1.29, 1.82) is 0 Å². The number of carboxylic acid groups (broad SMARTS) is 1. The summed E-state index contributed by atoms with van der Waals surface area (Å²) in [5, 5.41) is 12.3. The van der Waals surface area contributed by atoms with Crippen LogP contribution >= 0.6 is 23.1 Å². The van der Waals surface area contributed by atoms with Crippen molar-refractivity contribution in [3.05, 3.63) is 35.2 Å². The minimum absolute atomic E-state index is 0.273. The summed E-state index contributed by atoms with van der Waals surface area (Å²) in [6.45, 7) is 1.75. The van der Waals surface area contributed by atoms with Crippen LogP contribution in [0.2, 0.25) is 0 Å². The molecule has 0 radical (unpaired) electrons. The number of aliphatic carboxylic acids is 1. The molecular formula is C13H14O2S2. The molecule has 0 spiro atoms. The summed E-state index contributed by atoms with van der Waals surface area (Å²) in [6.07, 6.45) is 0. The molecule has 0 bridgehead atoms. The van der Waals surface area contributed by atoms with Gasteiger partial charge in [-0.05, 0) is 22.4 Å². The fourth-order valence-electron chi connectivity index (χ4n) is 1.56. The smallest absolute Gasteiger partial charge is 0.307 e. The van der Waals surface area contributed by atoms with Gasteiger partial charge in [-0.25, -0.2) is 0 Å². The minimum Gasteiger partial charge on any atom is -0.481 e. The summed E-state index contributed by atoms with van der Waals surface area (Å²) in [6, 6.07) is 8.34. The third-order valence-corrected chi connectivity index (χ3v) is 4.87. The van der Waals surface area contributed by atoms with E-state index >= 15 is 0 Å². The molecule has 17 heavy (non-hydrogen) atoms. The molecule has 2 aromatic rings. The second-order valence-corrected chi connectivity index (χ2v) is 5.95. The number of hydrogen-bond donors (Lipinski definition) is 1. The molecule has 1 unspecified atom stereocenters. The van der Waals surface area contributed by atoms with E-state index in [0.29, 0.717) is 5.75 Å². The first-order valence-corrected chi connectivity index (χ1v) is 7.47. The van der Waals surface area contributed by atoms with Gasteiger partial charge >= 0.3 is 5.97 Å². The van der Waals surface area contributed by atoms with Crippen molar-refractivity contribution in [2.75, 3.05) is 5.75 Å². The molecule has 90 valence electrons. The Hall–Kier alpha value is -1.00. The van der Waals surface area contributed by atoms with E-state index in [1.165, 1.54) is 15.6 Å². The van der Waals surface area contributed by atoms with Gasteiger partial charge in [0, 0.05) is 16.2 Å². The van der Waals surface area contributed by atoms with E-state index in [0.717, 1.165) is 5.75 Å². The number of fused-ring (bicyclic) bond motifs is 1. The van der Waals surface area contributed by atoms with Gasteiger partial charge in [0.1, 0.15) is 0 Å². The van der Waals surface area contributed by atoms with Crippen LogP contribution in [-0.2, 0) is 10.5 Å². The summed E-state index contributed by atoms with van der Waals surface area (Å²) in [7, 11) is 0. The monoisotopic (exact) mass is 266 g/mol. The molecule has 0 aliphatic carbocycles. The van der Waals surface area contributed by atoms with Gasteiger partial charge < -0.3 is 5.11 Å². The number of benzene rings is 1. The van der Waals surface area contributed by atoms with Crippen molar-refractivity contribution in [1.82, 2.24) is 0 Å². The molecular weight excluding hydrogens is 252 g/mol. The van der Waals surface area contributed by atoms with E-state index in [2.05, 4.69) is 17.5 Å². The van der Waals surface area contributed by atoms with E-state index < -0.39 is 5.97 Å². The van der Waals surface area contributed by atoms with Crippen LogP contribution in [-0.4, -0.2) is 16.8 Å². The zero-order valence-corrected chi connectivity index (χ0v) is 11.2. The van der Waals surface area contributed by atoms with Gasteiger partial charge in [-0.2, -0.15) is 11.8 Å². The van der Waals surface area contributed by atoms with Gasteiger partial charge in [-0.15, -0.1) is 11.3 Å². The molecule has 1 aromatic heterocycles. The normalized spacial score (nSPS) is 12.8. The first kappa shape index (κ1) is 12.5. The summed E-state index contributed by atoms with van der Waals surface area (Å²) in [5.74, 6) is 0.568. The van der Waals surface area contributed by atoms with E-state index in [-0.39, 0.29) is 5.92 Å². The fraction of sp³-hybridized carbons (Fsp3) is 0.308. The zero-order chi connectivity index (χ0) is 12.3. The quantitative estimate of drug-likeness (QED) is 0.893. The van der Waals surface area contributed by atoms with Crippen molar-refractivity contribution in [2.24, 2.45) is 5.92 Å². The highest BCUT2D eigenvalue weighted by Crippen LogP contribution is 2.29. The maximum atomic E-state index is 10.7. The summed E-state index contributed by atoms with van der Waals surface area (Å²) in [5.41, 5.74) is 1.31. The van der Waals surface area contributed by atoms with Crippen LogP contribution in [0.15, 0.2) is 29.6 Å². The number of carbonyl (C=O) groups is 1. The molecule has 0 aliphatic rings. The van der Waals surface area contributed by atoms with Crippen LogP contribution in [0.4, 0.5) is 0 Å². The topological polar surface area (TPSA) is 37.3 Å². The Balaban J connectivity index is 1.98. The Bertz CT molecular complexity index is 519. The number of thiophene rings is 1. The SMILES string of the molecule is CC(CSCc1csc2ccccc12)C(=O)O. The molecule has 2 rings (SSSR count). The third-order valence-electron chi connectivity index (χ3n) is 2.61. The van der Waals surface area contributed by atoms with Crippen LogP contribution in [0.5, 0.6) is 0 Å². The van der Waals surface area contributed by atoms with E-state index in [9.17, 15) is 4.79 Å². The first-order valence-electron chi connectivity index (χ1n) is 5.44. The molecule has 1 aromatic carbocycles. The Labute approximate surface area is 109 Å². The molecule has 2 nitrogen and oxygen atoms in total. The highest BCUT2D eigenvalue weighted by atomic mass is 32.2. The van der Waals surface area contributed by atoms with Crippen molar-refractivity contribution in [2.45, 2.75) is 12.7 Å². The Morgan fingerprint density at radius 3 is 3.00 bits per heavy atom. The second kappa shape index (κ2) is 5.56. The number of carboxylic acids is 1.